The number of halogens is 1. The predicted molar refractivity (Wildman–Crippen MR) is 79.6 cm³/mol. The van der Waals surface area contributed by atoms with E-state index in [-0.39, 0.29) is 12.4 Å². The largest absolute Gasteiger partial charge is 0.389 e. The fourth-order valence-corrected chi connectivity index (χ4v) is 2.05. The first-order valence-corrected chi connectivity index (χ1v) is 6.77. The minimum atomic E-state index is -0.772. The molecule has 0 aliphatic rings. The van der Waals surface area contributed by atoms with Gasteiger partial charge in [0.05, 0.1) is 12.1 Å². The summed E-state index contributed by atoms with van der Waals surface area (Å²) in [6.45, 7) is 7.69. The third-order valence-electron chi connectivity index (χ3n) is 2.76. The van der Waals surface area contributed by atoms with E-state index in [9.17, 15) is 9.50 Å². The molecular weight excluding hydrogens is 255 g/mol. The molecular formula is C16H23FN2O. The van der Waals surface area contributed by atoms with Gasteiger partial charge in [0.15, 0.2) is 0 Å². The second kappa shape index (κ2) is 7.39. The highest BCUT2D eigenvalue weighted by Gasteiger charge is 2.17. The molecule has 0 aliphatic carbocycles. The van der Waals surface area contributed by atoms with Gasteiger partial charge in [-0.1, -0.05) is 18.8 Å². The van der Waals surface area contributed by atoms with Gasteiger partial charge in [0, 0.05) is 18.7 Å². The van der Waals surface area contributed by atoms with Gasteiger partial charge in [-0.05, 0) is 44.2 Å². The first kappa shape index (κ1) is 16.6. The van der Waals surface area contributed by atoms with E-state index in [1.807, 2.05) is 13.0 Å². The van der Waals surface area contributed by atoms with Crippen molar-refractivity contribution in [3.05, 3.63) is 35.1 Å². The smallest absolute Gasteiger partial charge is 0.124 e. The Morgan fingerprint density at radius 3 is 2.60 bits per heavy atom. The Balaban J connectivity index is 2.87. The standard InChI is InChI=1S/C16H23FN2O/c1-4-19(12-16(2,3)20)11-14-8-13(6-5-7-18)9-15(17)10-14/h8-10,20H,4,7,11-12,18H2,1-3H3. The van der Waals surface area contributed by atoms with Crippen LogP contribution in [0.5, 0.6) is 0 Å². The van der Waals surface area contributed by atoms with Crippen molar-refractivity contribution < 1.29 is 9.50 Å². The molecule has 0 saturated heterocycles. The molecule has 1 aromatic carbocycles. The maximum atomic E-state index is 13.6. The zero-order valence-corrected chi connectivity index (χ0v) is 12.4. The Morgan fingerprint density at radius 1 is 1.35 bits per heavy atom. The van der Waals surface area contributed by atoms with Crippen LogP contribution in [0, 0.1) is 17.7 Å². The number of rotatable bonds is 5. The Kier molecular flexibility index (Phi) is 6.15. The van der Waals surface area contributed by atoms with Crippen molar-refractivity contribution >= 4 is 0 Å². The molecule has 1 rings (SSSR count). The third kappa shape index (κ3) is 6.16. The summed E-state index contributed by atoms with van der Waals surface area (Å²) in [5, 5.41) is 9.87. The van der Waals surface area contributed by atoms with E-state index in [1.54, 1.807) is 13.8 Å². The molecule has 3 N–H and O–H groups in total. The van der Waals surface area contributed by atoms with Crippen LogP contribution in [0.3, 0.4) is 0 Å². The summed E-state index contributed by atoms with van der Waals surface area (Å²) in [5.41, 5.74) is 6.02. The highest BCUT2D eigenvalue weighted by Crippen LogP contribution is 2.13. The van der Waals surface area contributed by atoms with Crippen molar-refractivity contribution in [3.63, 3.8) is 0 Å². The van der Waals surface area contributed by atoms with Crippen LogP contribution in [0.2, 0.25) is 0 Å². The van der Waals surface area contributed by atoms with Crippen LogP contribution >= 0.6 is 0 Å². The van der Waals surface area contributed by atoms with Crippen LogP contribution in [0.1, 0.15) is 31.9 Å². The highest BCUT2D eigenvalue weighted by molar-refractivity contribution is 5.38. The molecule has 0 atom stereocenters. The zero-order valence-electron chi connectivity index (χ0n) is 12.4. The van der Waals surface area contributed by atoms with Crippen molar-refractivity contribution in [1.82, 2.24) is 4.90 Å². The van der Waals surface area contributed by atoms with E-state index in [2.05, 4.69) is 16.7 Å². The summed E-state index contributed by atoms with van der Waals surface area (Å²) in [5.74, 6) is 5.26. The van der Waals surface area contributed by atoms with Crippen molar-refractivity contribution in [2.45, 2.75) is 32.9 Å². The molecule has 3 nitrogen and oxygen atoms in total. The molecule has 0 radical (unpaired) electrons. The number of aliphatic hydroxyl groups is 1. The molecule has 1 aromatic rings. The van der Waals surface area contributed by atoms with Gasteiger partial charge < -0.3 is 10.8 Å². The number of nitrogens with zero attached hydrogens (tertiary/aromatic N) is 1. The Bertz CT molecular complexity index is 497. The lowest BCUT2D eigenvalue weighted by molar-refractivity contribution is 0.0353. The average Bonchev–Trinajstić information content (AvgIpc) is 2.33. The molecule has 0 aromatic heterocycles. The van der Waals surface area contributed by atoms with Crippen LogP contribution in [0.15, 0.2) is 18.2 Å². The van der Waals surface area contributed by atoms with E-state index < -0.39 is 5.60 Å². The second-order valence-corrected chi connectivity index (χ2v) is 5.47. The van der Waals surface area contributed by atoms with Gasteiger partial charge in [0.2, 0.25) is 0 Å². The highest BCUT2D eigenvalue weighted by atomic mass is 19.1. The molecule has 0 saturated carbocycles. The monoisotopic (exact) mass is 278 g/mol. The van der Waals surface area contributed by atoms with Crippen LogP contribution < -0.4 is 5.73 Å². The van der Waals surface area contributed by atoms with Gasteiger partial charge in [-0.3, -0.25) is 4.90 Å². The molecule has 0 fully saturated rings. The SMILES string of the molecule is CCN(Cc1cc(F)cc(C#CCN)c1)CC(C)(C)O. The predicted octanol–water partition coefficient (Wildman–Crippen LogP) is 1.73. The van der Waals surface area contributed by atoms with E-state index in [0.29, 0.717) is 18.7 Å². The lowest BCUT2D eigenvalue weighted by Gasteiger charge is -2.28. The lowest BCUT2D eigenvalue weighted by Crippen LogP contribution is -2.38. The van der Waals surface area contributed by atoms with E-state index in [4.69, 9.17) is 5.73 Å². The minimum Gasteiger partial charge on any atom is -0.389 e. The van der Waals surface area contributed by atoms with Gasteiger partial charge in [-0.25, -0.2) is 4.39 Å². The summed E-state index contributed by atoms with van der Waals surface area (Å²) >= 11 is 0. The van der Waals surface area contributed by atoms with Crippen LogP contribution in [-0.2, 0) is 6.54 Å². The third-order valence-corrected chi connectivity index (χ3v) is 2.76. The minimum absolute atomic E-state index is 0.256. The maximum absolute atomic E-state index is 13.6. The fourth-order valence-electron chi connectivity index (χ4n) is 2.05. The first-order chi connectivity index (χ1) is 9.34. The summed E-state index contributed by atoms with van der Waals surface area (Å²) < 4.78 is 13.6. The van der Waals surface area contributed by atoms with Crippen molar-refractivity contribution in [2.75, 3.05) is 19.6 Å². The molecule has 0 heterocycles. The van der Waals surface area contributed by atoms with E-state index in [0.717, 1.165) is 12.1 Å². The van der Waals surface area contributed by atoms with Gasteiger partial charge in [-0.2, -0.15) is 0 Å². The summed E-state index contributed by atoms with van der Waals surface area (Å²) in [4.78, 5) is 2.06. The van der Waals surface area contributed by atoms with Crippen molar-refractivity contribution in [2.24, 2.45) is 5.73 Å². The maximum Gasteiger partial charge on any atom is 0.124 e. The van der Waals surface area contributed by atoms with E-state index in [1.165, 1.54) is 12.1 Å². The Morgan fingerprint density at radius 2 is 2.05 bits per heavy atom. The quantitative estimate of drug-likeness (QED) is 0.807. The van der Waals surface area contributed by atoms with Gasteiger partial charge in [-0.15, -0.1) is 0 Å². The van der Waals surface area contributed by atoms with Crippen molar-refractivity contribution in [3.8, 4) is 11.8 Å². The topological polar surface area (TPSA) is 49.5 Å². The van der Waals surface area contributed by atoms with Gasteiger partial charge in [0.25, 0.3) is 0 Å². The van der Waals surface area contributed by atoms with E-state index >= 15 is 0 Å². The van der Waals surface area contributed by atoms with Crippen LogP contribution in [0.25, 0.3) is 0 Å². The number of likely N-dealkylation sites (N-methyl/N-ethyl adjacent to an activating group) is 1. The summed E-state index contributed by atoms with van der Waals surface area (Å²) in [6.07, 6.45) is 0. The number of hydrogen-bond donors (Lipinski definition) is 2. The summed E-state index contributed by atoms with van der Waals surface area (Å²) in [6, 6.07) is 4.76. The molecule has 0 unspecified atom stereocenters. The normalized spacial score (nSPS) is 11.3. The molecule has 110 valence electrons. The molecule has 0 aliphatic heterocycles. The first-order valence-electron chi connectivity index (χ1n) is 6.77. The van der Waals surface area contributed by atoms with Crippen LogP contribution in [0.4, 0.5) is 4.39 Å². The molecule has 0 spiro atoms. The number of hydrogen-bond acceptors (Lipinski definition) is 3. The number of nitrogens with two attached hydrogens (primary N) is 1. The van der Waals surface area contributed by atoms with Gasteiger partial charge >= 0.3 is 0 Å². The molecule has 20 heavy (non-hydrogen) atoms. The summed E-state index contributed by atoms with van der Waals surface area (Å²) in [7, 11) is 0. The Labute approximate surface area is 120 Å². The molecule has 0 bridgehead atoms. The van der Waals surface area contributed by atoms with Crippen LogP contribution in [-0.4, -0.2) is 35.2 Å². The lowest BCUT2D eigenvalue weighted by atomic mass is 10.1. The zero-order chi connectivity index (χ0) is 15.2. The number of benzene rings is 1. The second-order valence-electron chi connectivity index (χ2n) is 5.47. The molecule has 4 heteroatoms. The van der Waals surface area contributed by atoms with Crippen molar-refractivity contribution in [1.29, 1.82) is 0 Å². The molecule has 0 amide bonds. The fraction of sp³-hybridized carbons (Fsp3) is 0.500. The Hall–Kier alpha value is -1.41. The average molecular weight is 278 g/mol. The van der Waals surface area contributed by atoms with Gasteiger partial charge in [0.1, 0.15) is 5.82 Å².